The van der Waals surface area contributed by atoms with Gasteiger partial charge < -0.3 is 5.11 Å². The van der Waals surface area contributed by atoms with Gasteiger partial charge in [-0.25, -0.2) is 13.1 Å². The van der Waals surface area contributed by atoms with E-state index in [1.54, 1.807) is 0 Å². The highest BCUT2D eigenvalue weighted by atomic mass is 32.2. The first-order valence-electron chi connectivity index (χ1n) is 5.00. The second kappa shape index (κ2) is 6.00. The number of alkyl halides is 3. The van der Waals surface area contributed by atoms with Gasteiger partial charge in [0.1, 0.15) is 0 Å². The van der Waals surface area contributed by atoms with Crippen LogP contribution in [0.2, 0.25) is 0 Å². The molecule has 2 N–H and O–H groups in total. The molecule has 0 spiro atoms. The Morgan fingerprint density at radius 2 is 2.06 bits per heavy atom. The predicted octanol–water partition coefficient (Wildman–Crippen LogP) is 1.86. The van der Waals surface area contributed by atoms with E-state index in [9.17, 15) is 21.6 Å². The highest BCUT2D eigenvalue weighted by molar-refractivity contribution is 7.89. The summed E-state index contributed by atoms with van der Waals surface area (Å²) in [6.07, 6.45) is -5.64. The fourth-order valence-corrected chi connectivity index (χ4v) is 3.62. The summed E-state index contributed by atoms with van der Waals surface area (Å²) >= 11 is 1.07. The summed E-state index contributed by atoms with van der Waals surface area (Å²) in [5.74, 6) is 0. The molecular weight excluding hydrogens is 291 g/mol. The zero-order chi connectivity index (χ0) is 13.8. The van der Waals surface area contributed by atoms with Crippen molar-refractivity contribution >= 4 is 21.4 Å². The number of rotatable bonds is 6. The number of nitrogens with one attached hydrogen (secondary N) is 1. The van der Waals surface area contributed by atoms with Crippen molar-refractivity contribution in [3.63, 3.8) is 0 Å². The monoisotopic (exact) mass is 303 g/mol. The van der Waals surface area contributed by atoms with Crippen LogP contribution in [0.3, 0.4) is 0 Å². The molecule has 9 heteroatoms. The third-order valence-electron chi connectivity index (χ3n) is 2.07. The molecule has 0 atom stereocenters. The van der Waals surface area contributed by atoms with Crippen LogP contribution in [-0.2, 0) is 16.6 Å². The third-order valence-corrected chi connectivity index (χ3v) is 4.65. The smallest absolute Gasteiger partial charge is 0.389 e. The van der Waals surface area contributed by atoms with E-state index in [1.807, 2.05) is 0 Å². The first kappa shape index (κ1) is 15.4. The fraction of sp³-hybridized carbons (Fsp3) is 0.556. The normalized spacial score (nSPS) is 12.9. The Balaban J connectivity index is 2.56. The van der Waals surface area contributed by atoms with Crippen LogP contribution in [0.4, 0.5) is 13.2 Å². The Morgan fingerprint density at radius 1 is 1.39 bits per heavy atom. The van der Waals surface area contributed by atoms with Crippen LogP contribution in [0.5, 0.6) is 0 Å². The summed E-state index contributed by atoms with van der Waals surface area (Å²) in [6, 6.07) is 1.31. The summed E-state index contributed by atoms with van der Waals surface area (Å²) in [6.45, 7) is -0.709. The van der Waals surface area contributed by atoms with Crippen LogP contribution < -0.4 is 4.72 Å². The predicted molar refractivity (Wildman–Crippen MR) is 60.7 cm³/mol. The number of hydrogen-bond donors (Lipinski definition) is 2. The molecule has 4 nitrogen and oxygen atoms in total. The average molecular weight is 303 g/mol. The molecule has 0 saturated heterocycles. The average Bonchev–Trinajstić information content (AvgIpc) is 2.72. The van der Waals surface area contributed by atoms with Crippen molar-refractivity contribution in [3.8, 4) is 0 Å². The van der Waals surface area contributed by atoms with Crippen molar-refractivity contribution in [3.05, 3.63) is 16.3 Å². The molecular formula is C9H12F3NO3S2. The van der Waals surface area contributed by atoms with Crippen molar-refractivity contribution in [1.82, 2.24) is 4.72 Å². The summed E-state index contributed by atoms with van der Waals surface area (Å²) in [4.78, 5) is 0.181. The lowest BCUT2D eigenvalue weighted by Gasteiger charge is -2.08. The van der Waals surface area contributed by atoms with Gasteiger partial charge in [0.2, 0.25) is 10.0 Å². The fourth-order valence-electron chi connectivity index (χ4n) is 1.26. The molecule has 0 aliphatic carbocycles. The van der Waals surface area contributed by atoms with Gasteiger partial charge in [0.25, 0.3) is 0 Å². The van der Waals surface area contributed by atoms with E-state index < -0.39 is 29.2 Å². The maximum Gasteiger partial charge on any atom is 0.389 e. The highest BCUT2D eigenvalue weighted by Gasteiger charge is 2.26. The van der Waals surface area contributed by atoms with Crippen LogP contribution in [0.15, 0.2) is 16.3 Å². The van der Waals surface area contributed by atoms with Crippen molar-refractivity contribution in [1.29, 1.82) is 0 Å². The van der Waals surface area contributed by atoms with Gasteiger partial charge in [-0.15, -0.1) is 11.3 Å². The summed E-state index contributed by atoms with van der Waals surface area (Å²) in [5.41, 5.74) is 0. The quantitative estimate of drug-likeness (QED) is 0.788. The van der Waals surface area contributed by atoms with E-state index in [4.69, 9.17) is 5.11 Å². The lowest BCUT2D eigenvalue weighted by Crippen LogP contribution is -2.26. The molecule has 1 aromatic heterocycles. The Bertz CT molecular complexity index is 481. The van der Waals surface area contributed by atoms with Gasteiger partial charge in [0.15, 0.2) is 0 Å². The Morgan fingerprint density at radius 3 is 2.61 bits per heavy atom. The van der Waals surface area contributed by atoms with E-state index in [2.05, 4.69) is 4.72 Å². The van der Waals surface area contributed by atoms with Gasteiger partial charge in [-0.1, -0.05) is 0 Å². The molecule has 0 amide bonds. The van der Waals surface area contributed by atoms with Crippen molar-refractivity contribution in [2.24, 2.45) is 0 Å². The summed E-state index contributed by atoms with van der Waals surface area (Å²) in [7, 11) is -3.84. The molecule has 1 rings (SSSR count). The van der Waals surface area contributed by atoms with Crippen LogP contribution in [0.25, 0.3) is 0 Å². The minimum atomic E-state index is -4.29. The van der Waals surface area contributed by atoms with Crippen molar-refractivity contribution in [2.75, 3.05) is 6.54 Å². The Hall–Kier alpha value is -0.640. The van der Waals surface area contributed by atoms with Gasteiger partial charge in [0, 0.05) is 17.8 Å². The SMILES string of the molecule is O=S(=O)(NCCCC(F)(F)F)c1ccsc1CO. The van der Waals surface area contributed by atoms with E-state index >= 15 is 0 Å². The van der Waals surface area contributed by atoms with Crippen LogP contribution in [0, 0.1) is 0 Å². The third kappa shape index (κ3) is 4.56. The van der Waals surface area contributed by atoms with Gasteiger partial charge in [-0.05, 0) is 17.9 Å². The highest BCUT2D eigenvalue weighted by Crippen LogP contribution is 2.23. The summed E-state index contributed by atoms with van der Waals surface area (Å²) in [5, 5.41) is 10.4. The molecule has 0 aromatic carbocycles. The van der Waals surface area contributed by atoms with Crippen LogP contribution in [0.1, 0.15) is 17.7 Å². The standard InChI is InChI=1S/C9H12F3NO3S2/c10-9(11,12)3-1-4-13-18(15,16)8-2-5-17-7(8)6-14/h2,5,13-14H,1,3-4,6H2. The maximum absolute atomic E-state index is 11.9. The summed E-state index contributed by atoms with van der Waals surface area (Å²) < 4.78 is 61.1. The Labute approximate surface area is 106 Å². The molecule has 104 valence electrons. The molecule has 0 aliphatic rings. The van der Waals surface area contributed by atoms with E-state index in [0.717, 1.165) is 11.3 Å². The molecule has 0 unspecified atom stereocenters. The minimum Gasteiger partial charge on any atom is -0.391 e. The number of halogens is 3. The number of sulfonamides is 1. The topological polar surface area (TPSA) is 66.4 Å². The second-order valence-corrected chi connectivity index (χ2v) is 6.22. The lowest BCUT2D eigenvalue weighted by atomic mass is 10.3. The Kier molecular flexibility index (Phi) is 5.14. The molecule has 0 fully saturated rings. The van der Waals surface area contributed by atoms with Gasteiger partial charge >= 0.3 is 6.18 Å². The zero-order valence-corrected chi connectivity index (χ0v) is 10.8. The number of aliphatic hydroxyl groups excluding tert-OH is 1. The number of hydrogen-bond acceptors (Lipinski definition) is 4. The van der Waals surface area contributed by atoms with Gasteiger partial charge in [0.05, 0.1) is 11.5 Å². The lowest BCUT2D eigenvalue weighted by molar-refractivity contribution is -0.135. The molecule has 0 aliphatic heterocycles. The van der Waals surface area contributed by atoms with E-state index in [1.165, 1.54) is 11.4 Å². The number of thiophene rings is 1. The van der Waals surface area contributed by atoms with Gasteiger partial charge in [-0.3, -0.25) is 0 Å². The second-order valence-electron chi connectivity index (χ2n) is 3.48. The molecule has 0 radical (unpaired) electrons. The molecule has 1 heterocycles. The van der Waals surface area contributed by atoms with E-state index in [-0.39, 0.29) is 22.7 Å². The zero-order valence-electron chi connectivity index (χ0n) is 9.20. The molecule has 18 heavy (non-hydrogen) atoms. The molecule has 0 bridgehead atoms. The van der Waals surface area contributed by atoms with Crippen LogP contribution >= 0.6 is 11.3 Å². The minimum absolute atomic E-state index is 0.0815. The van der Waals surface area contributed by atoms with E-state index in [0.29, 0.717) is 0 Å². The maximum atomic E-state index is 11.9. The molecule has 1 aromatic rings. The number of aliphatic hydroxyl groups is 1. The van der Waals surface area contributed by atoms with Gasteiger partial charge in [-0.2, -0.15) is 13.2 Å². The molecule has 0 saturated carbocycles. The van der Waals surface area contributed by atoms with Crippen molar-refractivity contribution < 1.29 is 26.7 Å². The first-order chi connectivity index (χ1) is 8.26. The first-order valence-corrected chi connectivity index (χ1v) is 7.36. The van der Waals surface area contributed by atoms with Crippen LogP contribution in [-0.4, -0.2) is 26.2 Å². The van der Waals surface area contributed by atoms with Crippen molar-refractivity contribution in [2.45, 2.75) is 30.5 Å². The largest absolute Gasteiger partial charge is 0.391 e.